The molecule has 2 N–H and O–H groups in total. The number of hydrogen-bond donors (Lipinski definition) is 2. The van der Waals surface area contributed by atoms with Gasteiger partial charge in [-0.3, -0.25) is 4.79 Å². The maximum Gasteiger partial charge on any atom is 0.323 e. The molecule has 0 heterocycles. The zero-order valence-electron chi connectivity index (χ0n) is 11.2. The molecule has 7 heteroatoms. The number of carbonyl (C=O) groups is 2. The number of benzene rings is 1. The Balaban J connectivity index is 2.87. The molecule has 0 aromatic heterocycles. The molecule has 20 heavy (non-hydrogen) atoms. The molecule has 1 atom stereocenters. The van der Waals surface area contributed by atoms with Gasteiger partial charge in [0.15, 0.2) is 0 Å². The average molecular weight is 286 g/mol. The van der Waals surface area contributed by atoms with Crippen LogP contribution in [0.1, 0.15) is 20.3 Å². The molecule has 0 fully saturated rings. The van der Waals surface area contributed by atoms with E-state index in [0.717, 1.165) is 17.0 Å². The standard InChI is InChI=1S/C13H16F2N2O3/c1-3-8(2)17(7-12(18)19)13(20)16-11-5-9(14)4-10(15)6-11/h4-6,8H,3,7H2,1-2H3,(H,16,20)(H,18,19). The molecule has 1 aromatic carbocycles. The lowest BCUT2D eigenvalue weighted by atomic mass is 10.2. The zero-order valence-corrected chi connectivity index (χ0v) is 11.2. The number of halogens is 2. The number of urea groups is 1. The van der Waals surface area contributed by atoms with Crippen molar-refractivity contribution in [2.24, 2.45) is 0 Å². The van der Waals surface area contributed by atoms with Crippen molar-refractivity contribution in [2.45, 2.75) is 26.3 Å². The van der Waals surface area contributed by atoms with Gasteiger partial charge >= 0.3 is 12.0 Å². The molecular formula is C13H16F2N2O3. The SMILES string of the molecule is CCC(C)N(CC(=O)O)C(=O)Nc1cc(F)cc(F)c1. The number of carboxylic acid groups (broad SMARTS) is 1. The summed E-state index contributed by atoms with van der Waals surface area (Å²) in [5.74, 6) is -2.81. The second-order valence-electron chi connectivity index (χ2n) is 4.37. The number of aliphatic carboxylic acids is 1. The van der Waals surface area contributed by atoms with Crippen molar-refractivity contribution in [1.82, 2.24) is 4.90 Å². The maximum absolute atomic E-state index is 13.0. The van der Waals surface area contributed by atoms with Crippen LogP contribution in [0.5, 0.6) is 0 Å². The van der Waals surface area contributed by atoms with Crippen LogP contribution in [-0.4, -0.2) is 34.6 Å². The summed E-state index contributed by atoms with van der Waals surface area (Å²) in [6.07, 6.45) is 0.554. The average Bonchev–Trinajstić information content (AvgIpc) is 2.33. The second kappa shape index (κ2) is 6.83. The number of amides is 2. The van der Waals surface area contributed by atoms with Gasteiger partial charge < -0.3 is 15.3 Å². The Morgan fingerprint density at radius 2 is 1.85 bits per heavy atom. The Morgan fingerprint density at radius 3 is 2.30 bits per heavy atom. The largest absolute Gasteiger partial charge is 0.480 e. The van der Waals surface area contributed by atoms with Crippen molar-refractivity contribution in [1.29, 1.82) is 0 Å². The third-order valence-electron chi connectivity index (χ3n) is 2.80. The van der Waals surface area contributed by atoms with E-state index in [4.69, 9.17) is 5.11 Å². The molecule has 110 valence electrons. The van der Waals surface area contributed by atoms with E-state index >= 15 is 0 Å². The Morgan fingerprint density at radius 1 is 1.30 bits per heavy atom. The highest BCUT2D eigenvalue weighted by molar-refractivity contribution is 5.91. The number of rotatable bonds is 5. The van der Waals surface area contributed by atoms with E-state index in [9.17, 15) is 18.4 Å². The van der Waals surface area contributed by atoms with Gasteiger partial charge in [0.25, 0.3) is 0 Å². The molecule has 0 aliphatic heterocycles. The van der Waals surface area contributed by atoms with Gasteiger partial charge in [-0.15, -0.1) is 0 Å². The summed E-state index contributed by atoms with van der Waals surface area (Å²) in [5.41, 5.74) is -0.0637. The number of carbonyl (C=O) groups excluding carboxylic acids is 1. The summed E-state index contributed by atoms with van der Waals surface area (Å²) in [7, 11) is 0. The molecule has 0 radical (unpaired) electrons. The van der Waals surface area contributed by atoms with E-state index in [2.05, 4.69) is 5.32 Å². The minimum Gasteiger partial charge on any atom is -0.480 e. The van der Waals surface area contributed by atoms with Gasteiger partial charge in [-0.1, -0.05) is 6.92 Å². The van der Waals surface area contributed by atoms with Crippen molar-refractivity contribution < 1.29 is 23.5 Å². The van der Waals surface area contributed by atoms with Crippen LogP contribution in [0.15, 0.2) is 18.2 Å². The highest BCUT2D eigenvalue weighted by Gasteiger charge is 2.21. The van der Waals surface area contributed by atoms with Gasteiger partial charge in [0.1, 0.15) is 18.2 Å². The first kappa shape index (κ1) is 15.9. The van der Waals surface area contributed by atoms with Gasteiger partial charge in [0.05, 0.1) is 0 Å². The van der Waals surface area contributed by atoms with Gasteiger partial charge in [0.2, 0.25) is 0 Å². The van der Waals surface area contributed by atoms with Crippen molar-refractivity contribution in [3.8, 4) is 0 Å². The molecule has 5 nitrogen and oxygen atoms in total. The monoisotopic (exact) mass is 286 g/mol. The van der Waals surface area contributed by atoms with Gasteiger partial charge in [-0.25, -0.2) is 13.6 Å². The van der Waals surface area contributed by atoms with Crippen LogP contribution in [0.4, 0.5) is 19.3 Å². The molecule has 1 unspecified atom stereocenters. The summed E-state index contributed by atoms with van der Waals surface area (Å²) in [4.78, 5) is 23.8. The number of nitrogens with zero attached hydrogens (tertiary/aromatic N) is 1. The van der Waals surface area contributed by atoms with Crippen LogP contribution >= 0.6 is 0 Å². The van der Waals surface area contributed by atoms with E-state index in [1.807, 2.05) is 0 Å². The molecule has 0 aliphatic rings. The lowest BCUT2D eigenvalue weighted by molar-refractivity contribution is -0.138. The quantitative estimate of drug-likeness (QED) is 0.874. The van der Waals surface area contributed by atoms with Crippen molar-refractivity contribution >= 4 is 17.7 Å². The second-order valence-corrected chi connectivity index (χ2v) is 4.37. The van der Waals surface area contributed by atoms with E-state index in [1.165, 1.54) is 0 Å². The molecule has 0 saturated heterocycles. The number of nitrogens with one attached hydrogen (secondary N) is 1. The molecule has 2 amide bonds. The van der Waals surface area contributed by atoms with Crippen LogP contribution in [0, 0.1) is 11.6 Å². The van der Waals surface area contributed by atoms with Crippen molar-refractivity contribution in [3.05, 3.63) is 29.8 Å². The molecule has 1 rings (SSSR count). The minimum atomic E-state index is -1.16. The van der Waals surface area contributed by atoms with Gasteiger partial charge in [-0.2, -0.15) is 0 Å². The fourth-order valence-electron chi connectivity index (χ4n) is 1.62. The first-order valence-electron chi connectivity index (χ1n) is 6.09. The van der Waals surface area contributed by atoms with Crippen LogP contribution in [0.3, 0.4) is 0 Å². The van der Waals surface area contributed by atoms with E-state index in [1.54, 1.807) is 13.8 Å². The highest BCUT2D eigenvalue weighted by Crippen LogP contribution is 2.14. The fraction of sp³-hybridized carbons (Fsp3) is 0.385. The first-order valence-corrected chi connectivity index (χ1v) is 6.09. The third-order valence-corrected chi connectivity index (χ3v) is 2.80. The molecule has 0 bridgehead atoms. The van der Waals surface area contributed by atoms with Crippen molar-refractivity contribution in [3.63, 3.8) is 0 Å². The maximum atomic E-state index is 13.0. The summed E-state index contributed by atoms with van der Waals surface area (Å²) in [6, 6.07) is 1.56. The third kappa shape index (κ3) is 4.49. The Labute approximate surface area is 115 Å². The summed E-state index contributed by atoms with van der Waals surface area (Å²) in [6.45, 7) is 3.00. The highest BCUT2D eigenvalue weighted by atomic mass is 19.1. The van der Waals surface area contributed by atoms with Crippen LogP contribution in [0.25, 0.3) is 0 Å². The Hall–Kier alpha value is -2.18. The Bertz CT molecular complexity index is 488. The van der Waals surface area contributed by atoms with Crippen LogP contribution < -0.4 is 5.32 Å². The number of carboxylic acids is 1. The molecule has 1 aromatic rings. The lowest BCUT2D eigenvalue weighted by Gasteiger charge is -2.27. The number of anilines is 1. The zero-order chi connectivity index (χ0) is 15.3. The summed E-state index contributed by atoms with van der Waals surface area (Å²) >= 11 is 0. The topological polar surface area (TPSA) is 69.6 Å². The summed E-state index contributed by atoms with van der Waals surface area (Å²) < 4.78 is 26.0. The molecular weight excluding hydrogens is 270 g/mol. The van der Waals surface area contributed by atoms with E-state index in [-0.39, 0.29) is 11.7 Å². The van der Waals surface area contributed by atoms with Gasteiger partial charge in [-0.05, 0) is 25.5 Å². The van der Waals surface area contributed by atoms with E-state index in [0.29, 0.717) is 12.5 Å². The first-order chi connectivity index (χ1) is 9.33. The Kier molecular flexibility index (Phi) is 5.42. The summed E-state index contributed by atoms with van der Waals surface area (Å²) in [5, 5.41) is 11.1. The molecule has 0 saturated carbocycles. The molecule has 0 spiro atoms. The predicted octanol–water partition coefficient (Wildman–Crippen LogP) is 2.68. The van der Waals surface area contributed by atoms with Gasteiger partial charge in [0, 0.05) is 17.8 Å². The smallest absolute Gasteiger partial charge is 0.323 e. The minimum absolute atomic E-state index is 0.0637. The lowest BCUT2D eigenvalue weighted by Crippen LogP contribution is -2.44. The normalized spacial score (nSPS) is 11.8. The van der Waals surface area contributed by atoms with E-state index < -0.39 is 30.2 Å². The molecule has 0 aliphatic carbocycles. The van der Waals surface area contributed by atoms with Crippen molar-refractivity contribution in [2.75, 3.05) is 11.9 Å². The predicted molar refractivity (Wildman–Crippen MR) is 69.5 cm³/mol. The number of hydrogen-bond acceptors (Lipinski definition) is 2. The fourth-order valence-corrected chi connectivity index (χ4v) is 1.62. The van der Waals surface area contributed by atoms with Crippen LogP contribution in [0.2, 0.25) is 0 Å². The van der Waals surface area contributed by atoms with Crippen LogP contribution in [-0.2, 0) is 4.79 Å².